The number of quaternary nitrogens is 1. The Hall–Kier alpha value is -3.49. The number of nitrogens with zero attached hydrogens (tertiary/aromatic N) is 1. The zero-order valence-corrected chi connectivity index (χ0v) is 41.7. The third kappa shape index (κ3) is 43.7. The first-order valence-electron chi connectivity index (χ1n) is 25.7. The molecule has 0 aliphatic carbocycles. The zero-order chi connectivity index (χ0) is 47.0. The van der Waals surface area contributed by atoms with Crippen molar-refractivity contribution in [2.75, 3.05) is 41.0 Å². The van der Waals surface area contributed by atoms with E-state index in [1.54, 1.807) is 21.1 Å². The number of rotatable bonds is 45. The molecule has 64 heavy (non-hydrogen) atoms. The number of ether oxygens (including phenoxy) is 3. The minimum atomic E-state index is -1.13. The molecule has 0 fully saturated rings. The van der Waals surface area contributed by atoms with E-state index in [1.807, 2.05) is 72.9 Å². The monoisotopic (exact) mass is 894 g/mol. The van der Waals surface area contributed by atoms with Crippen LogP contribution in [0.3, 0.4) is 0 Å². The first-order valence-corrected chi connectivity index (χ1v) is 25.7. The van der Waals surface area contributed by atoms with E-state index in [2.05, 4.69) is 26.0 Å². The van der Waals surface area contributed by atoms with E-state index in [-0.39, 0.29) is 42.7 Å². The molecule has 0 aromatic carbocycles. The molecule has 2 atom stereocenters. The van der Waals surface area contributed by atoms with Gasteiger partial charge in [-0.25, -0.2) is 0 Å². The lowest BCUT2D eigenvalue weighted by Gasteiger charge is -2.34. The second-order valence-corrected chi connectivity index (χ2v) is 18.2. The van der Waals surface area contributed by atoms with Crippen LogP contribution in [0, 0.1) is 0 Å². The van der Waals surface area contributed by atoms with Crippen LogP contribution in [-0.2, 0) is 28.6 Å². The van der Waals surface area contributed by atoms with Crippen LogP contribution in [0.15, 0.2) is 85.1 Å². The van der Waals surface area contributed by atoms with Crippen molar-refractivity contribution in [3.8, 4) is 0 Å². The Kier molecular flexibility index (Phi) is 43.5. The molecular weight excluding hydrogens is 799 g/mol. The highest BCUT2D eigenvalue weighted by atomic mass is 16.6. The predicted molar refractivity (Wildman–Crippen MR) is 268 cm³/mol. The highest BCUT2D eigenvalue weighted by Crippen LogP contribution is 2.16. The van der Waals surface area contributed by atoms with Crippen molar-refractivity contribution in [3.63, 3.8) is 0 Å². The number of carbonyl (C=O) groups excluding carboxylic acids is 3. The maximum absolute atomic E-state index is 12.8. The summed E-state index contributed by atoms with van der Waals surface area (Å²) in [4.78, 5) is 37.0. The van der Waals surface area contributed by atoms with E-state index in [1.165, 1.54) is 116 Å². The number of likely N-dealkylation sites (N-methyl/N-ethyl adjacent to an activating group) is 1. The first-order chi connectivity index (χ1) is 31.1. The molecule has 0 spiro atoms. The Balaban J connectivity index is 4.33. The molecule has 0 saturated heterocycles. The Bertz CT molecular complexity index is 1320. The second-order valence-electron chi connectivity index (χ2n) is 18.2. The van der Waals surface area contributed by atoms with Crippen molar-refractivity contribution >= 4 is 17.9 Å². The summed E-state index contributed by atoms with van der Waals surface area (Å²) in [6.45, 7) is 4.48. The Morgan fingerprint density at radius 3 is 1.30 bits per heavy atom. The van der Waals surface area contributed by atoms with Crippen LogP contribution in [0.25, 0.3) is 0 Å². The summed E-state index contributed by atoms with van der Waals surface area (Å²) in [5.41, 5.74) is 0. The van der Waals surface area contributed by atoms with Gasteiger partial charge in [0.2, 0.25) is 0 Å². The van der Waals surface area contributed by atoms with Crippen LogP contribution < -0.4 is 5.11 Å². The van der Waals surface area contributed by atoms with Crippen molar-refractivity contribution in [2.24, 2.45) is 0 Å². The van der Waals surface area contributed by atoms with Crippen LogP contribution >= 0.6 is 0 Å². The molecular formula is C56H95NO7. The van der Waals surface area contributed by atoms with Gasteiger partial charge in [-0.1, -0.05) is 234 Å². The molecule has 0 aliphatic heterocycles. The van der Waals surface area contributed by atoms with Crippen molar-refractivity contribution in [3.05, 3.63) is 85.1 Å². The number of aliphatic carboxylic acids is 1. The minimum Gasteiger partial charge on any atom is -0.544 e. The van der Waals surface area contributed by atoms with Crippen molar-refractivity contribution < 1.29 is 38.2 Å². The SMILES string of the molecule is CC/C=C/C=C/C=C/C=C/C=C/C=C/C=C/CCCCCC(=O)OCC(COCCC(C(=O)[O-])[N+](C)(C)C)OC(=O)CCCCCCCCCCCCCCCCCCCCCCC. The smallest absolute Gasteiger partial charge is 0.306 e. The molecule has 2 unspecified atom stereocenters. The van der Waals surface area contributed by atoms with Gasteiger partial charge in [0.1, 0.15) is 12.6 Å². The highest BCUT2D eigenvalue weighted by Gasteiger charge is 2.25. The van der Waals surface area contributed by atoms with Crippen LogP contribution in [0.4, 0.5) is 0 Å². The molecule has 8 nitrogen and oxygen atoms in total. The molecule has 0 saturated carbocycles. The Labute approximate surface area is 393 Å². The number of allylic oxidation sites excluding steroid dienone is 14. The van der Waals surface area contributed by atoms with Crippen LogP contribution in [0.5, 0.6) is 0 Å². The number of hydrogen-bond acceptors (Lipinski definition) is 7. The van der Waals surface area contributed by atoms with Crippen molar-refractivity contribution in [2.45, 2.75) is 212 Å². The zero-order valence-electron chi connectivity index (χ0n) is 41.7. The van der Waals surface area contributed by atoms with Crippen LogP contribution in [0.1, 0.15) is 200 Å². The van der Waals surface area contributed by atoms with Gasteiger partial charge in [-0.2, -0.15) is 0 Å². The molecule has 0 rings (SSSR count). The molecule has 0 aliphatic rings. The van der Waals surface area contributed by atoms with Gasteiger partial charge in [0, 0.05) is 19.3 Å². The number of unbranched alkanes of at least 4 members (excludes halogenated alkanes) is 23. The van der Waals surface area contributed by atoms with Crippen molar-refractivity contribution in [1.82, 2.24) is 0 Å². The molecule has 0 heterocycles. The number of hydrogen-bond donors (Lipinski definition) is 0. The average molecular weight is 894 g/mol. The van der Waals surface area contributed by atoms with Gasteiger partial charge >= 0.3 is 11.9 Å². The lowest BCUT2D eigenvalue weighted by molar-refractivity contribution is -0.889. The summed E-state index contributed by atoms with van der Waals surface area (Å²) in [6, 6.07) is -0.737. The van der Waals surface area contributed by atoms with E-state index in [0.29, 0.717) is 19.3 Å². The van der Waals surface area contributed by atoms with Gasteiger partial charge in [0.15, 0.2) is 6.10 Å². The number of carboxylic acids is 1. The predicted octanol–water partition coefficient (Wildman–Crippen LogP) is 13.5. The van der Waals surface area contributed by atoms with Gasteiger partial charge < -0.3 is 28.6 Å². The van der Waals surface area contributed by atoms with Gasteiger partial charge in [-0.05, 0) is 32.1 Å². The fraction of sp³-hybridized carbons (Fsp3) is 0.696. The second kappa shape index (κ2) is 46.1. The van der Waals surface area contributed by atoms with Crippen LogP contribution in [-0.4, -0.2) is 75.5 Å². The quantitative estimate of drug-likeness (QED) is 0.0260. The van der Waals surface area contributed by atoms with E-state index < -0.39 is 18.1 Å². The topological polar surface area (TPSA) is 102 Å². The molecule has 0 radical (unpaired) electrons. The van der Waals surface area contributed by atoms with E-state index >= 15 is 0 Å². The summed E-state index contributed by atoms with van der Waals surface area (Å²) < 4.78 is 17.2. The summed E-state index contributed by atoms with van der Waals surface area (Å²) in [6.07, 6.45) is 60.4. The molecule has 366 valence electrons. The van der Waals surface area contributed by atoms with Gasteiger partial charge in [0.05, 0.1) is 40.3 Å². The fourth-order valence-electron chi connectivity index (χ4n) is 7.29. The summed E-state index contributed by atoms with van der Waals surface area (Å²) in [5.74, 6) is -1.79. The summed E-state index contributed by atoms with van der Waals surface area (Å²) >= 11 is 0. The largest absolute Gasteiger partial charge is 0.544 e. The maximum atomic E-state index is 12.8. The van der Waals surface area contributed by atoms with Gasteiger partial charge in [-0.3, -0.25) is 9.59 Å². The van der Waals surface area contributed by atoms with Gasteiger partial charge in [0.25, 0.3) is 0 Å². The average Bonchev–Trinajstić information content (AvgIpc) is 3.26. The first kappa shape index (κ1) is 60.5. The molecule has 8 heteroatoms. The lowest BCUT2D eigenvalue weighted by atomic mass is 10.0. The van der Waals surface area contributed by atoms with E-state index in [4.69, 9.17) is 14.2 Å². The summed E-state index contributed by atoms with van der Waals surface area (Å²) in [7, 11) is 5.40. The Morgan fingerprint density at radius 2 is 0.875 bits per heavy atom. The third-order valence-corrected chi connectivity index (χ3v) is 11.2. The van der Waals surface area contributed by atoms with Crippen molar-refractivity contribution in [1.29, 1.82) is 0 Å². The molecule has 0 N–H and O–H groups in total. The maximum Gasteiger partial charge on any atom is 0.306 e. The summed E-state index contributed by atoms with van der Waals surface area (Å²) in [5, 5.41) is 11.7. The Morgan fingerprint density at radius 1 is 0.484 bits per heavy atom. The van der Waals surface area contributed by atoms with Gasteiger partial charge in [-0.15, -0.1) is 0 Å². The fourth-order valence-corrected chi connectivity index (χ4v) is 7.29. The van der Waals surface area contributed by atoms with E-state index in [0.717, 1.165) is 44.9 Å². The number of carboxylic acid groups (broad SMARTS) is 1. The number of esters is 2. The van der Waals surface area contributed by atoms with Crippen LogP contribution in [0.2, 0.25) is 0 Å². The third-order valence-electron chi connectivity index (χ3n) is 11.2. The number of carbonyl (C=O) groups is 3. The molecule has 0 amide bonds. The molecule has 0 aromatic heterocycles. The minimum absolute atomic E-state index is 0.0229. The standard InChI is InChI=1S/C56H95NO7/c1-6-8-10-12-14-16-18-20-22-24-26-27-29-31-33-35-37-39-41-43-45-47-55(59)64-52(50-62-49-48-53(56(60)61)57(3,4)5)51-63-54(58)46-44-42-40-38-36-34-32-30-28-25-23-21-19-17-15-13-11-9-7-2/h9,11,13,15,17,19,21,23,25,28,30,32,34,36,52-53H,6-8,10,12,14,16,18,20,22,24,26-27,29,31,33,35,37-51H2,1-5H3/b11-9+,15-13+,19-17+,23-21+,28-25+,32-30+,36-34+. The van der Waals surface area contributed by atoms with E-state index in [9.17, 15) is 19.5 Å². The molecule has 0 aromatic rings. The highest BCUT2D eigenvalue weighted by molar-refractivity contribution is 5.70. The normalized spacial score (nSPS) is 13.6. The molecule has 0 bridgehead atoms. The lowest BCUT2D eigenvalue weighted by Crippen LogP contribution is -2.55.